The van der Waals surface area contributed by atoms with Crippen LogP contribution in [0.4, 0.5) is 0 Å². The first kappa shape index (κ1) is 16.2. The van der Waals surface area contributed by atoms with Crippen molar-refractivity contribution in [3.63, 3.8) is 0 Å². The summed E-state index contributed by atoms with van der Waals surface area (Å²) in [6.45, 7) is 3.12. The van der Waals surface area contributed by atoms with E-state index in [1.54, 1.807) is 6.20 Å². The van der Waals surface area contributed by atoms with Crippen LogP contribution in [0.3, 0.4) is 0 Å². The van der Waals surface area contributed by atoms with Crippen LogP contribution in [0, 0.1) is 6.92 Å². The van der Waals surface area contributed by atoms with Crippen LogP contribution in [-0.2, 0) is 11.3 Å². The lowest BCUT2D eigenvalue weighted by molar-refractivity contribution is -0.122. The molecule has 0 fully saturated rings. The molecule has 118 valence electrons. The molecule has 1 amide bonds. The van der Waals surface area contributed by atoms with E-state index in [9.17, 15) is 4.79 Å². The number of imidazole rings is 1. The van der Waals surface area contributed by atoms with Gasteiger partial charge in [0.05, 0.1) is 6.04 Å². The second-order valence-electron chi connectivity index (χ2n) is 5.73. The molecule has 0 aliphatic rings. The number of rotatable bonds is 7. The van der Waals surface area contributed by atoms with Crippen LogP contribution in [0.25, 0.3) is 0 Å². The number of hydrogen-bond acceptors (Lipinski definition) is 3. The van der Waals surface area contributed by atoms with Crippen LogP contribution < -0.4 is 5.32 Å². The number of hydrogen-bond donors (Lipinski definition) is 1. The van der Waals surface area contributed by atoms with Crippen molar-refractivity contribution in [2.45, 2.75) is 25.9 Å². The van der Waals surface area contributed by atoms with Gasteiger partial charge >= 0.3 is 0 Å². The molecule has 0 aliphatic carbocycles. The standard InChI is InChI=1S/C17H24N4O/c1-14-18-10-12-21(14)13-17(22)19-16(9-11-20(2)3)15-7-5-4-6-8-15/h4-8,10,12,16H,9,11,13H2,1-3H3,(H,19,22)/t16-/m0/s1. The second-order valence-corrected chi connectivity index (χ2v) is 5.73. The zero-order valence-corrected chi connectivity index (χ0v) is 13.5. The SMILES string of the molecule is Cc1nccn1CC(=O)N[C@@H](CCN(C)C)c1ccccc1. The molecule has 5 heteroatoms. The third kappa shape index (κ3) is 4.70. The summed E-state index contributed by atoms with van der Waals surface area (Å²) in [5.74, 6) is 0.855. The van der Waals surface area contributed by atoms with Crippen LogP contribution in [0.1, 0.15) is 23.9 Å². The number of aryl methyl sites for hydroxylation is 1. The molecule has 0 bridgehead atoms. The monoisotopic (exact) mass is 300 g/mol. The quantitative estimate of drug-likeness (QED) is 0.851. The Morgan fingerprint density at radius 1 is 1.32 bits per heavy atom. The molecule has 0 saturated carbocycles. The van der Waals surface area contributed by atoms with E-state index in [0.29, 0.717) is 6.54 Å². The van der Waals surface area contributed by atoms with Crippen molar-refractivity contribution in [3.8, 4) is 0 Å². The first-order chi connectivity index (χ1) is 10.6. The minimum Gasteiger partial charge on any atom is -0.348 e. The topological polar surface area (TPSA) is 50.2 Å². The zero-order chi connectivity index (χ0) is 15.9. The fraction of sp³-hybridized carbons (Fsp3) is 0.412. The van der Waals surface area contributed by atoms with Crippen molar-refractivity contribution in [2.75, 3.05) is 20.6 Å². The predicted molar refractivity (Wildman–Crippen MR) is 87.5 cm³/mol. The van der Waals surface area contributed by atoms with E-state index in [0.717, 1.165) is 24.4 Å². The maximum absolute atomic E-state index is 12.3. The molecule has 2 rings (SSSR count). The summed E-state index contributed by atoms with van der Waals surface area (Å²) in [4.78, 5) is 18.6. The Kier molecular flexibility index (Phi) is 5.72. The highest BCUT2D eigenvalue weighted by Gasteiger charge is 2.15. The van der Waals surface area contributed by atoms with Crippen molar-refractivity contribution in [3.05, 3.63) is 54.1 Å². The third-order valence-corrected chi connectivity index (χ3v) is 3.64. The average molecular weight is 300 g/mol. The lowest BCUT2D eigenvalue weighted by Crippen LogP contribution is -2.33. The molecule has 0 aliphatic heterocycles. The molecule has 1 N–H and O–H groups in total. The number of aromatic nitrogens is 2. The van der Waals surface area contributed by atoms with Gasteiger partial charge in [-0.3, -0.25) is 4.79 Å². The number of carbonyl (C=O) groups is 1. The molecule has 1 aromatic carbocycles. The molecule has 0 radical (unpaired) electrons. The molecule has 0 spiro atoms. The Labute approximate surface area is 132 Å². The van der Waals surface area contributed by atoms with E-state index in [1.165, 1.54) is 0 Å². The fourth-order valence-electron chi connectivity index (χ4n) is 2.36. The van der Waals surface area contributed by atoms with E-state index in [1.807, 2.05) is 50.0 Å². The van der Waals surface area contributed by atoms with Crippen LogP contribution in [0.2, 0.25) is 0 Å². The number of benzene rings is 1. The molecule has 0 unspecified atom stereocenters. The molecule has 1 atom stereocenters. The van der Waals surface area contributed by atoms with Gasteiger partial charge in [-0.25, -0.2) is 4.98 Å². The van der Waals surface area contributed by atoms with Gasteiger partial charge in [0, 0.05) is 12.4 Å². The van der Waals surface area contributed by atoms with Gasteiger partial charge in [-0.15, -0.1) is 0 Å². The van der Waals surface area contributed by atoms with Gasteiger partial charge in [-0.2, -0.15) is 0 Å². The smallest absolute Gasteiger partial charge is 0.240 e. The molecular formula is C17H24N4O. The molecule has 22 heavy (non-hydrogen) atoms. The zero-order valence-electron chi connectivity index (χ0n) is 13.5. The predicted octanol–water partition coefficient (Wildman–Crippen LogP) is 2.00. The van der Waals surface area contributed by atoms with Crippen molar-refractivity contribution in [2.24, 2.45) is 0 Å². The van der Waals surface area contributed by atoms with E-state index in [4.69, 9.17) is 0 Å². The Morgan fingerprint density at radius 2 is 2.05 bits per heavy atom. The van der Waals surface area contributed by atoms with Crippen molar-refractivity contribution >= 4 is 5.91 Å². The number of nitrogens with one attached hydrogen (secondary N) is 1. The minimum atomic E-state index is 0.00806. The first-order valence-electron chi connectivity index (χ1n) is 7.53. The maximum Gasteiger partial charge on any atom is 0.240 e. The summed E-state index contributed by atoms with van der Waals surface area (Å²) < 4.78 is 1.85. The summed E-state index contributed by atoms with van der Waals surface area (Å²) >= 11 is 0. The highest BCUT2D eigenvalue weighted by atomic mass is 16.2. The van der Waals surface area contributed by atoms with Gasteiger partial charge < -0.3 is 14.8 Å². The summed E-state index contributed by atoms with van der Waals surface area (Å²) in [6.07, 6.45) is 4.42. The lowest BCUT2D eigenvalue weighted by atomic mass is 10.0. The Bertz CT molecular complexity index is 592. The molecule has 1 heterocycles. The lowest BCUT2D eigenvalue weighted by Gasteiger charge is -2.21. The highest BCUT2D eigenvalue weighted by Crippen LogP contribution is 2.16. The maximum atomic E-state index is 12.3. The van der Waals surface area contributed by atoms with Gasteiger partial charge in [-0.1, -0.05) is 30.3 Å². The van der Waals surface area contributed by atoms with Crippen molar-refractivity contribution < 1.29 is 4.79 Å². The average Bonchev–Trinajstić information content (AvgIpc) is 2.89. The van der Waals surface area contributed by atoms with E-state index in [2.05, 4.69) is 27.3 Å². The van der Waals surface area contributed by atoms with Crippen LogP contribution >= 0.6 is 0 Å². The molecular weight excluding hydrogens is 276 g/mol. The highest BCUT2D eigenvalue weighted by molar-refractivity contribution is 5.76. The number of amides is 1. The third-order valence-electron chi connectivity index (χ3n) is 3.64. The minimum absolute atomic E-state index is 0.00806. The Balaban J connectivity index is 2.02. The van der Waals surface area contributed by atoms with Gasteiger partial charge in [0.15, 0.2) is 0 Å². The van der Waals surface area contributed by atoms with E-state index in [-0.39, 0.29) is 11.9 Å². The largest absolute Gasteiger partial charge is 0.348 e. The summed E-state index contributed by atoms with van der Waals surface area (Å²) in [5, 5.41) is 3.14. The van der Waals surface area contributed by atoms with Gasteiger partial charge in [0.2, 0.25) is 5.91 Å². The molecule has 5 nitrogen and oxygen atoms in total. The van der Waals surface area contributed by atoms with Crippen LogP contribution in [0.15, 0.2) is 42.7 Å². The molecule has 1 aromatic heterocycles. The summed E-state index contributed by atoms with van der Waals surface area (Å²) in [5.41, 5.74) is 1.14. The normalized spacial score (nSPS) is 12.4. The molecule has 2 aromatic rings. The molecule has 0 saturated heterocycles. The van der Waals surface area contributed by atoms with Gasteiger partial charge in [0.25, 0.3) is 0 Å². The van der Waals surface area contributed by atoms with Crippen molar-refractivity contribution in [1.29, 1.82) is 0 Å². The van der Waals surface area contributed by atoms with Crippen LogP contribution in [0.5, 0.6) is 0 Å². The van der Waals surface area contributed by atoms with E-state index < -0.39 is 0 Å². The number of carbonyl (C=O) groups excluding carboxylic acids is 1. The second kappa shape index (κ2) is 7.75. The first-order valence-corrected chi connectivity index (χ1v) is 7.53. The summed E-state index contributed by atoms with van der Waals surface area (Å²) in [7, 11) is 4.08. The Hall–Kier alpha value is -2.14. The fourth-order valence-corrected chi connectivity index (χ4v) is 2.36. The summed E-state index contributed by atoms with van der Waals surface area (Å²) in [6, 6.07) is 10.1. The van der Waals surface area contributed by atoms with E-state index >= 15 is 0 Å². The van der Waals surface area contributed by atoms with Gasteiger partial charge in [-0.05, 0) is 39.5 Å². The van der Waals surface area contributed by atoms with Crippen LogP contribution in [-0.4, -0.2) is 41.0 Å². The number of nitrogens with zero attached hydrogens (tertiary/aromatic N) is 3. The Morgan fingerprint density at radius 3 is 2.64 bits per heavy atom. The van der Waals surface area contributed by atoms with Crippen molar-refractivity contribution in [1.82, 2.24) is 19.8 Å². The van der Waals surface area contributed by atoms with Gasteiger partial charge in [0.1, 0.15) is 12.4 Å².